The molecule has 31 heavy (non-hydrogen) atoms. The zero-order chi connectivity index (χ0) is 22.9. The topological polar surface area (TPSA) is 157 Å². The van der Waals surface area contributed by atoms with Crippen molar-refractivity contribution in [2.45, 2.75) is 11.5 Å². The molecular weight excluding hydrogens is 428 g/mol. The van der Waals surface area contributed by atoms with Gasteiger partial charge in [0.25, 0.3) is 5.69 Å². The average Bonchev–Trinajstić information content (AvgIpc) is 2.73. The minimum Gasteiger partial charge on any atom is -0.445 e. The Morgan fingerprint density at radius 1 is 1.06 bits per heavy atom. The second-order valence-electron chi connectivity index (χ2n) is 6.40. The third-order valence-corrected chi connectivity index (χ3v) is 5.07. The maximum atomic E-state index is 11.8. The number of rotatable bonds is 10. The number of nitrogens with zero attached hydrogens (tertiary/aromatic N) is 1. The van der Waals surface area contributed by atoms with E-state index in [1.54, 1.807) is 12.1 Å². The van der Waals surface area contributed by atoms with E-state index in [9.17, 15) is 28.1 Å². The van der Waals surface area contributed by atoms with Gasteiger partial charge >= 0.3 is 6.09 Å². The van der Waals surface area contributed by atoms with Gasteiger partial charge in [0, 0.05) is 25.4 Å². The summed E-state index contributed by atoms with van der Waals surface area (Å²) in [5.74, 6) is -0.472. The molecule has 12 heteroatoms. The molecule has 0 saturated carbocycles. The summed E-state index contributed by atoms with van der Waals surface area (Å²) in [5.41, 5.74) is 0.540. The smallest absolute Gasteiger partial charge is 0.407 e. The van der Waals surface area contributed by atoms with Gasteiger partial charge in [0.2, 0.25) is 5.91 Å². The number of benzene rings is 2. The van der Waals surface area contributed by atoms with E-state index in [1.807, 2.05) is 18.2 Å². The summed E-state index contributed by atoms with van der Waals surface area (Å²) in [6.45, 7) is 0.0414. The Balaban J connectivity index is 1.72. The maximum absolute atomic E-state index is 11.8. The Hall–Kier alpha value is -3.67. The van der Waals surface area contributed by atoms with E-state index in [0.29, 0.717) is 0 Å². The average molecular weight is 450 g/mol. The number of nitro groups is 1. The molecule has 0 spiro atoms. The highest BCUT2D eigenvalue weighted by Gasteiger charge is 2.18. The number of hydrogen-bond donors (Lipinski definition) is 3. The molecule has 0 unspecified atom stereocenters. The van der Waals surface area contributed by atoms with Crippen molar-refractivity contribution in [1.82, 2.24) is 10.6 Å². The van der Waals surface area contributed by atoms with E-state index >= 15 is 0 Å². The van der Waals surface area contributed by atoms with Gasteiger partial charge in [0.15, 0.2) is 9.84 Å². The van der Waals surface area contributed by atoms with Crippen LogP contribution in [0.2, 0.25) is 0 Å². The van der Waals surface area contributed by atoms with Gasteiger partial charge in [0.1, 0.15) is 12.3 Å². The fourth-order valence-corrected chi connectivity index (χ4v) is 3.07. The van der Waals surface area contributed by atoms with Crippen LogP contribution >= 0.6 is 0 Å². The van der Waals surface area contributed by atoms with E-state index < -0.39 is 32.4 Å². The quantitative estimate of drug-likeness (QED) is 0.279. The number of carbonyl (C=O) groups excluding carboxylic acids is 2. The second kappa shape index (κ2) is 10.9. The van der Waals surface area contributed by atoms with Gasteiger partial charge in [-0.05, 0) is 17.7 Å². The van der Waals surface area contributed by atoms with E-state index in [4.69, 9.17) is 4.74 Å². The van der Waals surface area contributed by atoms with Gasteiger partial charge in [0.05, 0.1) is 16.4 Å². The first kappa shape index (κ1) is 23.6. The molecule has 0 heterocycles. The Kier molecular flexibility index (Phi) is 8.32. The van der Waals surface area contributed by atoms with E-state index in [1.165, 1.54) is 12.1 Å². The first-order valence-corrected chi connectivity index (χ1v) is 11.0. The summed E-state index contributed by atoms with van der Waals surface area (Å²) >= 11 is 0. The number of nitrogens with one attached hydrogen (secondary N) is 3. The standard InChI is InChI=1S/C19H22N4O7S/c1-31(28,29)15-7-8-16(17(11-15)23(26)27)20-9-10-21-18(24)12-22-19(25)30-13-14-5-3-2-4-6-14/h2-8,11,20H,9-10,12-13H2,1H3,(H,21,24)(H,22,25). The number of nitro benzene ring substituents is 1. The fourth-order valence-electron chi connectivity index (χ4n) is 2.43. The number of anilines is 1. The predicted octanol–water partition coefficient (Wildman–Crippen LogP) is 1.45. The normalized spacial score (nSPS) is 10.7. The zero-order valence-corrected chi connectivity index (χ0v) is 17.5. The van der Waals surface area contributed by atoms with Crippen LogP contribution < -0.4 is 16.0 Å². The number of carbonyl (C=O) groups is 2. The lowest BCUT2D eigenvalue weighted by atomic mass is 10.2. The Morgan fingerprint density at radius 2 is 1.77 bits per heavy atom. The van der Waals surface area contributed by atoms with Crippen molar-refractivity contribution in [1.29, 1.82) is 0 Å². The summed E-state index contributed by atoms with van der Waals surface area (Å²) in [4.78, 5) is 33.7. The largest absolute Gasteiger partial charge is 0.445 e. The third-order valence-electron chi connectivity index (χ3n) is 3.96. The van der Waals surface area contributed by atoms with Gasteiger partial charge < -0.3 is 20.7 Å². The van der Waals surface area contributed by atoms with Crippen molar-refractivity contribution >= 4 is 33.2 Å². The molecule has 11 nitrogen and oxygen atoms in total. The summed E-state index contributed by atoms with van der Waals surface area (Å²) in [6.07, 6.45) is 0.221. The minimum absolute atomic E-state index is 0.0785. The fraction of sp³-hybridized carbons (Fsp3) is 0.263. The molecule has 2 aromatic rings. The number of ether oxygens (including phenoxy) is 1. The molecular formula is C19H22N4O7S. The number of hydrogen-bond acceptors (Lipinski definition) is 8. The van der Waals surface area contributed by atoms with Crippen LogP contribution in [0.4, 0.5) is 16.2 Å². The predicted molar refractivity (Wildman–Crippen MR) is 112 cm³/mol. The summed E-state index contributed by atoms with van der Waals surface area (Å²) in [7, 11) is -3.58. The highest BCUT2D eigenvalue weighted by Crippen LogP contribution is 2.27. The van der Waals surface area contributed by atoms with Crippen LogP contribution in [0.1, 0.15) is 5.56 Å². The van der Waals surface area contributed by atoms with Crippen LogP contribution in [0.25, 0.3) is 0 Å². The molecule has 0 aliphatic carbocycles. The highest BCUT2D eigenvalue weighted by atomic mass is 32.2. The van der Waals surface area contributed by atoms with Crippen LogP contribution in [-0.2, 0) is 26.0 Å². The van der Waals surface area contributed by atoms with Crippen LogP contribution in [0.5, 0.6) is 0 Å². The first-order valence-electron chi connectivity index (χ1n) is 9.10. The Morgan fingerprint density at radius 3 is 2.42 bits per heavy atom. The highest BCUT2D eigenvalue weighted by molar-refractivity contribution is 7.90. The van der Waals surface area contributed by atoms with E-state index in [2.05, 4.69) is 16.0 Å². The monoisotopic (exact) mass is 450 g/mol. The molecule has 2 rings (SSSR count). The summed E-state index contributed by atoms with van der Waals surface area (Å²) in [6, 6.07) is 12.6. The molecule has 0 atom stereocenters. The third kappa shape index (κ3) is 7.93. The molecule has 0 aliphatic rings. The van der Waals surface area contributed by atoms with Crippen molar-refractivity contribution in [2.24, 2.45) is 0 Å². The van der Waals surface area contributed by atoms with Gasteiger partial charge in [-0.1, -0.05) is 30.3 Å². The molecule has 0 radical (unpaired) electrons. The lowest BCUT2D eigenvalue weighted by molar-refractivity contribution is -0.384. The van der Waals surface area contributed by atoms with Crippen LogP contribution in [-0.4, -0.2) is 51.2 Å². The molecule has 2 amide bonds. The molecule has 0 bridgehead atoms. The number of sulfone groups is 1. The Labute approximate surface area is 178 Å². The minimum atomic E-state index is -3.58. The van der Waals surface area contributed by atoms with Gasteiger partial charge in [-0.2, -0.15) is 0 Å². The molecule has 0 aliphatic heterocycles. The first-order chi connectivity index (χ1) is 14.7. The number of amides is 2. The zero-order valence-electron chi connectivity index (χ0n) is 16.7. The van der Waals surface area contributed by atoms with Crippen molar-refractivity contribution < 1.29 is 27.7 Å². The molecule has 2 aromatic carbocycles. The molecule has 166 valence electrons. The summed E-state index contributed by atoms with van der Waals surface area (Å²) < 4.78 is 28.1. The SMILES string of the molecule is CS(=O)(=O)c1ccc(NCCNC(=O)CNC(=O)OCc2ccccc2)c([N+](=O)[O-])c1. The van der Waals surface area contributed by atoms with Gasteiger partial charge in [-0.15, -0.1) is 0 Å². The number of alkyl carbamates (subject to hydrolysis) is 1. The van der Waals surface area contributed by atoms with Crippen molar-refractivity contribution in [3.63, 3.8) is 0 Å². The van der Waals surface area contributed by atoms with Crippen molar-refractivity contribution in [2.75, 3.05) is 31.2 Å². The van der Waals surface area contributed by atoms with Gasteiger partial charge in [-0.3, -0.25) is 14.9 Å². The maximum Gasteiger partial charge on any atom is 0.407 e. The second-order valence-corrected chi connectivity index (χ2v) is 8.42. The lowest BCUT2D eigenvalue weighted by Crippen LogP contribution is -2.38. The van der Waals surface area contributed by atoms with E-state index in [0.717, 1.165) is 17.9 Å². The molecule has 0 saturated heterocycles. The Bertz CT molecular complexity index is 1040. The van der Waals surface area contributed by atoms with Crippen molar-refractivity contribution in [3.05, 3.63) is 64.2 Å². The molecule has 0 aromatic heterocycles. The lowest BCUT2D eigenvalue weighted by Gasteiger charge is -2.10. The molecule has 3 N–H and O–H groups in total. The van der Waals surface area contributed by atoms with Gasteiger partial charge in [-0.25, -0.2) is 13.2 Å². The van der Waals surface area contributed by atoms with Crippen LogP contribution in [0.3, 0.4) is 0 Å². The van der Waals surface area contributed by atoms with Crippen molar-refractivity contribution in [3.8, 4) is 0 Å². The van der Waals surface area contributed by atoms with E-state index in [-0.39, 0.29) is 36.8 Å². The molecule has 0 fully saturated rings. The summed E-state index contributed by atoms with van der Waals surface area (Å²) in [5, 5.41) is 18.8. The van der Waals surface area contributed by atoms with Crippen LogP contribution in [0.15, 0.2) is 53.4 Å². The van der Waals surface area contributed by atoms with Crippen LogP contribution in [0, 0.1) is 10.1 Å².